The zero-order valence-corrected chi connectivity index (χ0v) is 6.38. The average molecular weight is 141 g/mol. The predicted octanol–water partition coefficient (Wildman–Crippen LogP) is -0.0849. The van der Waals surface area contributed by atoms with Gasteiger partial charge in [0.15, 0.2) is 0 Å². The van der Waals surface area contributed by atoms with Crippen molar-refractivity contribution < 1.29 is 0 Å². The predicted molar refractivity (Wildman–Crippen MR) is 42.1 cm³/mol. The van der Waals surface area contributed by atoms with E-state index < -0.39 is 0 Å². The molecular weight excluding hydrogens is 126 g/mol. The monoisotopic (exact) mass is 141 g/mol. The van der Waals surface area contributed by atoms with E-state index in [1.807, 2.05) is 6.20 Å². The van der Waals surface area contributed by atoms with Crippen LogP contribution in [-0.4, -0.2) is 24.7 Å². The summed E-state index contributed by atoms with van der Waals surface area (Å²) in [5.41, 5.74) is 5.48. The van der Waals surface area contributed by atoms with Crippen LogP contribution in [0, 0.1) is 5.92 Å². The van der Waals surface area contributed by atoms with Gasteiger partial charge in [-0.15, -0.1) is 0 Å². The van der Waals surface area contributed by atoms with Crippen LogP contribution < -0.4 is 11.1 Å². The lowest BCUT2D eigenvalue weighted by Gasteiger charge is -2.18. The molecule has 0 aliphatic carbocycles. The van der Waals surface area contributed by atoms with Crippen molar-refractivity contribution in [3.05, 3.63) is 12.4 Å². The first kappa shape index (κ1) is 7.41. The average Bonchev–Trinajstić information content (AvgIpc) is 2.40. The van der Waals surface area contributed by atoms with Crippen molar-refractivity contribution in [1.29, 1.82) is 0 Å². The molecule has 1 aliphatic rings. The van der Waals surface area contributed by atoms with Crippen molar-refractivity contribution in [2.45, 2.75) is 6.92 Å². The Morgan fingerprint density at radius 1 is 1.80 bits per heavy atom. The molecule has 0 bridgehead atoms. The molecule has 1 aliphatic heterocycles. The fourth-order valence-electron chi connectivity index (χ4n) is 0.981. The summed E-state index contributed by atoms with van der Waals surface area (Å²) >= 11 is 0. The van der Waals surface area contributed by atoms with Crippen molar-refractivity contribution in [2.24, 2.45) is 11.7 Å². The number of nitrogens with zero attached hydrogens (tertiary/aromatic N) is 1. The number of nitrogens with one attached hydrogen (secondary N) is 1. The highest BCUT2D eigenvalue weighted by Gasteiger charge is 2.06. The summed E-state index contributed by atoms with van der Waals surface area (Å²) in [5, 5.41) is 3.11. The lowest BCUT2D eigenvalue weighted by atomic mass is 10.2. The molecule has 0 saturated carbocycles. The van der Waals surface area contributed by atoms with Gasteiger partial charge in [0.25, 0.3) is 0 Å². The first-order valence-electron chi connectivity index (χ1n) is 3.67. The molecule has 3 nitrogen and oxygen atoms in total. The standard InChI is InChI=1S/C7H15N3/c1-7(4-8)5-10-3-2-9-6-10/h2-3,7,9H,4-6,8H2,1H3. The summed E-state index contributed by atoms with van der Waals surface area (Å²) in [5.74, 6) is 0.588. The van der Waals surface area contributed by atoms with E-state index in [-0.39, 0.29) is 0 Å². The summed E-state index contributed by atoms with van der Waals surface area (Å²) in [7, 11) is 0. The second-order valence-electron chi connectivity index (χ2n) is 2.79. The number of rotatable bonds is 3. The first-order valence-corrected chi connectivity index (χ1v) is 3.67. The summed E-state index contributed by atoms with van der Waals surface area (Å²) in [6.45, 7) is 4.92. The van der Waals surface area contributed by atoms with Crippen LogP contribution in [-0.2, 0) is 0 Å². The quantitative estimate of drug-likeness (QED) is 0.577. The van der Waals surface area contributed by atoms with Crippen molar-refractivity contribution in [3.8, 4) is 0 Å². The molecule has 1 rings (SSSR count). The van der Waals surface area contributed by atoms with Gasteiger partial charge >= 0.3 is 0 Å². The Balaban J connectivity index is 2.18. The largest absolute Gasteiger partial charge is 0.373 e. The number of hydrogen-bond donors (Lipinski definition) is 2. The molecule has 0 saturated heterocycles. The molecule has 1 atom stereocenters. The summed E-state index contributed by atoms with van der Waals surface area (Å²) in [6.07, 6.45) is 4.02. The van der Waals surface area contributed by atoms with E-state index in [1.165, 1.54) is 0 Å². The van der Waals surface area contributed by atoms with Gasteiger partial charge < -0.3 is 16.0 Å². The van der Waals surface area contributed by atoms with Crippen molar-refractivity contribution in [1.82, 2.24) is 10.2 Å². The Hall–Kier alpha value is -0.700. The van der Waals surface area contributed by atoms with E-state index in [0.29, 0.717) is 5.92 Å². The molecule has 58 valence electrons. The zero-order valence-electron chi connectivity index (χ0n) is 6.38. The third kappa shape index (κ3) is 1.92. The zero-order chi connectivity index (χ0) is 7.40. The molecular formula is C7H15N3. The Bertz CT molecular complexity index is 122. The van der Waals surface area contributed by atoms with Crippen molar-refractivity contribution >= 4 is 0 Å². The van der Waals surface area contributed by atoms with Crippen LogP contribution in [0.2, 0.25) is 0 Å². The second kappa shape index (κ2) is 3.46. The molecule has 0 aromatic heterocycles. The lowest BCUT2D eigenvalue weighted by molar-refractivity contribution is 0.334. The molecule has 1 unspecified atom stereocenters. The molecule has 0 aromatic carbocycles. The minimum atomic E-state index is 0.588. The minimum Gasteiger partial charge on any atom is -0.373 e. The fourth-order valence-corrected chi connectivity index (χ4v) is 0.981. The van der Waals surface area contributed by atoms with Gasteiger partial charge in [-0.2, -0.15) is 0 Å². The summed E-state index contributed by atoms with van der Waals surface area (Å²) in [6, 6.07) is 0. The van der Waals surface area contributed by atoms with Gasteiger partial charge in [0.1, 0.15) is 0 Å². The van der Waals surface area contributed by atoms with E-state index in [9.17, 15) is 0 Å². The maximum absolute atomic E-state index is 5.48. The molecule has 0 spiro atoms. The van der Waals surface area contributed by atoms with Crippen LogP contribution in [0.25, 0.3) is 0 Å². The van der Waals surface area contributed by atoms with Crippen molar-refractivity contribution in [2.75, 3.05) is 19.8 Å². The molecule has 0 aromatic rings. The van der Waals surface area contributed by atoms with E-state index in [1.54, 1.807) is 0 Å². The smallest absolute Gasteiger partial charge is 0.0867 e. The highest BCUT2D eigenvalue weighted by Crippen LogP contribution is 2.00. The third-order valence-corrected chi connectivity index (χ3v) is 1.65. The van der Waals surface area contributed by atoms with Crippen LogP contribution in [0.3, 0.4) is 0 Å². The first-order chi connectivity index (χ1) is 4.83. The van der Waals surface area contributed by atoms with E-state index in [4.69, 9.17) is 5.73 Å². The van der Waals surface area contributed by atoms with Gasteiger partial charge in [-0.3, -0.25) is 0 Å². The SMILES string of the molecule is CC(CN)CN1C=CNC1. The van der Waals surface area contributed by atoms with Gasteiger partial charge in [0.05, 0.1) is 6.67 Å². The van der Waals surface area contributed by atoms with Gasteiger partial charge in [0.2, 0.25) is 0 Å². The normalized spacial score (nSPS) is 19.2. The molecule has 10 heavy (non-hydrogen) atoms. The van der Waals surface area contributed by atoms with E-state index in [0.717, 1.165) is 19.8 Å². The van der Waals surface area contributed by atoms with Crippen LogP contribution in [0.5, 0.6) is 0 Å². The third-order valence-electron chi connectivity index (χ3n) is 1.65. The maximum Gasteiger partial charge on any atom is 0.0867 e. The van der Waals surface area contributed by atoms with Crippen LogP contribution in [0.15, 0.2) is 12.4 Å². The summed E-state index contributed by atoms with van der Waals surface area (Å²) in [4.78, 5) is 2.22. The maximum atomic E-state index is 5.48. The van der Waals surface area contributed by atoms with Gasteiger partial charge in [-0.1, -0.05) is 6.92 Å². The highest BCUT2D eigenvalue weighted by atomic mass is 15.2. The Kier molecular flexibility index (Phi) is 2.57. The summed E-state index contributed by atoms with van der Waals surface area (Å²) < 4.78 is 0. The fraction of sp³-hybridized carbons (Fsp3) is 0.714. The van der Waals surface area contributed by atoms with Gasteiger partial charge in [0, 0.05) is 18.9 Å². The molecule has 3 N–H and O–H groups in total. The number of nitrogens with two attached hydrogens (primary N) is 1. The molecule has 0 amide bonds. The Morgan fingerprint density at radius 3 is 3.10 bits per heavy atom. The molecule has 0 radical (unpaired) electrons. The Labute approximate surface area is 61.9 Å². The second-order valence-corrected chi connectivity index (χ2v) is 2.79. The molecule has 0 fully saturated rings. The molecule has 3 heteroatoms. The number of hydrogen-bond acceptors (Lipinski definition) is 3. The van der Waals surface area contributed by atoms with Crippen LogP contribution in [0.4, 0.5) is 0 Å². The lowest BCUT2D eigenvalue weighted by Crippen LogP contribution is -2.29. The van der Waals surface area contributed by atoms with E-state index >= 15 is 0 Å². The van der Waals surface area contributed by atoms with Crippen LogP contribution in [0.1, 0.15) is 6.92 Å². The highest BCUT2D eigenvalue weighted by molar-refractivity contribution is 4.87. The topological polar surface area (TPSA) is 41.3 Å². The van der Waals surface area contributed by atoms with Gasteiger partial charge in [-0.25, -0.2) is 0 Å². The molecule has 1 heterocycles. The minimum absolute atomic E-state index is 0.588. The van der Waals surface area contributed by atoms with Gasteiger partial charge in [-0.05, 0) is 12.5 Å². The Morgan fingerprint density at radius 2 is 2.60 bits per heavy atom. The van der Waals surface area contributed by atoms with E-state index in [2.05, 4.69) is 23.3 Å². The van der Waals surface area contributed by atoms with Crippen LogP contribution >= 0.6 is 0 Å². The van der Waals surface area contributed by atoms with Crippen molar-refractivity contribution in [3.63, 3.8) is 0 Å².